The van der Waals surface area contributed by atoms with Gasteiger partial charge in [-0.1, -0.05) is 6.92 Å². The Labute approximate surface area is 106 Å². The molecular formula is C13H17NO4. The fraction of sp³-hybridized carbons (Fsp3) is 0.538. The van der Waals surface area contributed by atoms with E-state index in [4.69, 9.17) is 14.2 Å². The van der Waals surface area contributed by atoms with Gasteiger partial charge in [0.25, 0.3) is 0 Å². The molecule has 1 aromatic heterocycles. The second kappa shape index (κ2) is 5.46. The molecule has 0 bridgehead atoms. The highest BCUT2D eigenvalue weighted by atomic mass is 16.7. The number of ether oxygens (including phenoxy) is 3. The van der Waals surface area contributed by atoms with Crippen molar-refractivity contribution in [2.45, 2.75) is 32.2 Å². The van der Waals surface area contributed by atoms with E-state index in [1.54, 1.807) is 18.3 Å². The van der Waals surface area contributed by atoms with Crippen molar-refractivity contribution in [2.24, 2.45) is 0 Å². The summed E-state index contributed by atoms with van der Waals surface area (Å²) in [6.07, 6.45) is 3.65. The van der Waals surface area contributed by atoms with Crippen LogP contribution in [0, 0.1) is 0 Å². The second-order valence-electron chi connectivity index (χ2n) is 4.38. The predicted octanol–water partition coefficient (Wildman–Crippen LogP) is 1.78. The van der Waals surface area contributed by atoms with Crippen molar-refractivity contribution < 1.29 is 19.0 Å². The number of pyridine rings is 1. The van der Waals surface area contributed by atoms with E-state index in [1.165, 1.54) is 6.20 Å². The van der Waals surface area contributed by atoms with Crippen molar-refractivity contribution in [1.29, 1.82) is 0 Å². The number of hydrogen-bond donors (Lipinski definition) is 0. The van der Waals surface area contributed by atoms with Gasteiger partial charge >= 0.3 is 5.97 Å². The number of nitrogens with zero attached hydrogens (tertiary/aromatic N) is 1. The van der Waals surface area contributed by atoms with Crippen LogP contribution in [0.1, 0.15) is 30.6 Å². The Kier molecular flexibility index (Phi) is 3.93. The predicted molar refractivity (Wildman–Crippen MR) is 64.0 cm³/mol. The fourth-order valence-electron chi connectivity index (χ4n) is 1.69. The molecule has 1 aromatic rings. The number of hydrogen-bond acceptors (Lipinski definition) is 5. The summed E-state index contributed by atoms with van der Waals surface area (Å²) in [5.74, 6) is -0.942. The molecule has 0 amide bonds. The SMILES string of the molecule is CCC1(C)OCC(COC(=O)c2cccnc2)O1. The van der Waals surface area contributed by atoms with Crippen LogP contribution in [0.15, 0.2) is 24.5 Å². The van der Waals surface area contributed by atoms with Crippen LogP contribution >= 0.6 is 0 Å². The lowest BCUT2D eigenvalue weighted by Crippen LogP contribution is -2.27. The maximum atomic E-state index is 11.7. The van der Waals surface area contributed by atoms with Crippen LogP contribution in [-0.4, -0.2) is 36.1 Å². The Morgan fingerprint density at radius 1 is 1.67 bits per heavy atom. The molecule has 1 saturated heterocycles. The molecule has 0 spiro atoms. The van der Waals surface area contributed by atoms with Gasteiger partial charge in [-0.25, -0.2) is 4.79 Å². The highest BCUT2D eigenvalue weighted by Crippen LogP contribution is 2.26. The van der Waals surface area contributed by atoms with E-state index >= 15 is 0 Å². The van der Waals surface area contributed by atoms with Gasteiger partial charge in [0.2, 0.25) is 0 Å². The van der Waals surface area contributed by atoms with Crippen LogP contribution in [0.5, 0.6) is 0 Å². The van der Waals surface area contributed by atoms with Gasteiger partial charge < -0.3 is 14.2 Å². The second-order valence-corrected chi connectivity index (χ2v) is 4.38. The molecule has 98 valence electrons. The minimum Gasteiger partial charge on any atom is -0.459 e. The van der Waals surface area contributed by atoms with Crippen LogP contribution in [-0.2, 0) is 14.2 Å². The summed E-state index contributed by atoms with van der Waals surface area (Å²) in [6, 6.07) is 3.36. The average Bonchev–Trinajstić information content (AvgIpc) is 2.80. The van der Waals surface area contributed by atoms with Crippen LogP contribution < -0.4 is 0 Å². The topological polar surface area (TPSA) is 57.7 Å². The molecule has 5 heteroatoms. The van der Waals surface area contributed by atoms with Gasteiger partial charge in [0, 0.05) is 12.4 Å². The van der Waals surface area contributed by atoms with Crippen molar-refractivity contribution in [1.82, 2.24) is 4.98 Å². The van der Waals surface area contributed by atoms with E-state index < -0.39 is 11.8 Å². The van der Waals surface area contributed by atoms with Crippen LogP contribution in [0.25, 0.3) is 0 Å². The third-order valence-electron chi connectivity index (χ3n) is 2.93. The van der Waals surface area contributed by atoms with E-state index in [0.717, 1.165) is 6.42 Å². The molecule has 2 atom stereocenters. The summed E-state index contributed by atoms with van der Waals surface area (Å²) in [7, 11) is 0. The number of esters is 1. The number of rotatable bonds is 4. The molecule has 1 aliphatic heterocycles. The molecule has 1 aliphatic rings. The minimum absolute atomic E-state index is 0.198. The Balaban J connectivity index is 1.81. The average molecular weight is 251 g/mol. The molecule has 0 aromatic carbocycles. The van der Waals surface area contributed by atoms with Crippen LogP contribution in [0.2, 0.25) is 0 Å². The van der Waals surface area contributed by atoms with E-state index in [0.29, 0.717) is 12.2 Å². The van der Waals surface area contributed by atoms with E-state index in [2.05, 4.69) is 4.98 Å². The first-order valence-electron chi connectivity index (χ1n) is 6.02. The maximum Gasteiger partial charge on any atom is 0.339 e. The molecule has 2 unspecified atom stereocenters. The summed E-state index contributed by atoms with van der Waals surface area (Å²) in [5, 5.41) is 0. The molecule has 0 radical (unpaired) electrons. The van der Waals surface area contributed by atoms with E-state index in [-0.39, 0.29) is 12.7 Å². The summed E-state index contributed by atoms with van der Waals surface area (Å²) in [6.45, 7) is 4.52. The molecule has 0 N–H and O–H groups in total. The van der Waals surface area contributed by atoms with Crippen molar-refractivity contribution >= 4 is 5.97 Å². The lowest BCUT2D eigenvalue weighted by atomic mass is 10.2. The van der Waals surface area contributed by atoms with Crippen LogP contribution in [0.4, 0.5) is 0 Å². The molecule has 2 rings (SSSR count). The Bertz CT molecular complexity index is 409. The lowest BCUT2D eigenvalue weighted by Gasteiger charge is -2.20. The van der Waals surface area contributed by atoms with Crippen molar-refractivity contribution in [3.05, 3.63) is 30.1 Å². The largest absolute Gasteiger partial charge is 0.459 e. The highest BCUT2D eigenvalue weighted by Gasteiger charge is 2.36. The summed E-state index contributed by atoms with van der Waals surface area (Å²) >= 11 is 0. The highest BCUT2D eigenvalue weighted by molar-refractivity contribution is 5.88. The number of aromatic nitrogens is 1. The van der Waals surface area contributed by atoms with Crippen LogP contribution in [0.3, 0.4) is 0 Å². The molecular weight excluding hydrogens is 234 g/mol. The molecule has 1 fully saturated rings. The zero-order chi connectivity index (χ0) is 13.0. The first-order valence-corrected chi connectivity index (χ1v) is 6.02. The van der Waals surface area contributed by atoms with E-state index in [9.17, 15) is 4.79 Å². The molecule has 18 heavy (non-hydrogen) atoms. The third kappa shape index (κ3) is 3.05. The first kappa shape index (κ1) is 13.0. The number of carbonyl (C=O) groups is 1. The molecule has 2 heterocycles. The summed E-state index contributed by atoms with van der Waals surface area (Å²) in [4.78, 5) is 15.5. The van der Waals surface area contributed by atoms with Crippen molar-refractivity contribution in [3.63, 3.8) is 0 Å². The van der Waals surface area contributed by atoms with Gasteiger partial charge in [0.1, 0.15) is 12.7 Å². The minimum atomic E-state index is -0.550. The standard InChI is InChI=1S/C13H17NO4/c1-3-13(2)17-9-11(18-13)8-16-12(15)10-5-4-6-14-7-10/h4-7,11H,3,8-9H2,1-2H3. The maximum absolute atomic E-state index is 11.7. The zero-order valence-electron chi connectivity index (χ0n) is 10.6. The first-order chi connectivity index (χ1) is 8.63. The Morgan fingerprint density at radius 2 is 2.50 bits per heavy atom. The molecule has 0 saturated carbocycles. The van der Waals surface area contributed by atoms with Gasteiger partial charge in [-0.05, 0) is 25.5 Å². The summed E-state index contributed by atoms with van der Waals surface area (Å²) in [5.41, 5.74) is 0.440. The van der Waals surface area contributed by atoms with Gasteiger partial charge in [-0.3, -0.25) is 4.98 Å². The van der Waals surface area contributed by atoms with Gasteiger partial charge in [0.05, 0.1) is 12.2 Å². The summed E-state index contributed by atoms with van der Waals surface area (Å²) < 4.78 is 16.3. The Hall–Kier alpha value is -1.46. The smallest absolute Gasteiger partial charge is 0.339 e. The van der Waals surface area contributed by atoms with Gasteiger partial charge in [-0.15, -0.1) is 0 Å². The van der Waals surface area contributed by atoms with Crippen molar-refractivity contribution in [3.8, 4) is 0 Å². The third-order valence-corrected chi connectivity index (χ3v) is 2.93. The van der Waals surface area contributed by atoms with E-state index in [1.807, 2.05) is 13.8 Å². The quantitative estimate of drug-likeness (QED) is 0.763. The lowest BCUT2D eigenvalue weighted by molar-refractivity contribution is -0.159. The van der Waals surface area contributed by atoms with Gasteiger partial charge in [-0.2, -0.15) is 0 Å². The zero-order valence-corrected chi connectivity index (χ0v) is 10.6. The fourth-order valence-corrected chi connectivity index (χ4v) is 1.69. The monoisotopic (exact) mass is 251 g/mol. The normalized spacial score (nSPS) is 27.1. The number of carbonyl (C=O) groups excluding carboxylic acids is 1. The van der Waals surface area contributed by atoms with Gasteiger partial charge in [0.15, 0.2) is 5.79 Å². The molecule has 5 nitrogen and oxygen atoms in total. The molecule has 0 aliphatic carbocycles. The Morgan fingerprint density at radius 3 is 3.11 bits per heavy atom. The van der Waals surface area contributed by atoms with Crippen molar-refractivity contribution in [2.75, 3.05) is 13.2 Å².